The quantitative estimate of drug-likeness (QED) is 0.876. The van der Waals surface area contributed by atoms with E-state index in [0.29, 0.717) is 19.5 Å². The number of hydrogen-bond acceptors (Lipinski definition) is 4. The Morgan fingerprint density at radius 3 is 2.86 bits per heavy atom. The molecule has 0 saturated carbocycles. The van der Waals surface area contributed by atoms with Gasteiger partial charge in [0.2, 0.25) is 0 Å². The monoisotopic (exact) mass is 285 g/mol. The average Bonchev–Trinajstić information content (AvgIpc) is 2.87. The third-order valence-electron chi connectivity index (χ3n) is 4.11. The third-order valence-corrected chi connectivity index (χ3v) is 4.11. The summed E-state index contributed by atoms with van der Waals surface area (Å²) in [6.07, 6.45) is -0.0265. The van der Waals surface area contributed by atoms with Crippen molar-refractivity contribution in [2.24, 2.45) is 0 Å². The minimum absolute atomic E-state index is 0.271. The van der Waals surface area contributed by atoms with Crippen molar-refractivity contribution in [2.45, 2.75) is 25.1 Å². The Morgan fingerprint density at radius 1 is 1.29 bits per heavy atom. The molecule has 0 spiro atoms. The number of carbonyl (C=O) groups excluding carboxylic acids is 1. The molecule has 1 aliphatic heterocycles. The molecule has 3 rings (SSSR count). The molecule has 1 heterocycles. The van der Waals surface area contributed by atoms with E-state index in [4.69, 9.17) is 4.74 Å². The van der Waals surface area contributed by atoms with E-state index in [1.165, 1.54) is 17.9 Å². The van der Waals surface area contributed by atoms with Gasteiger partial charge in [0, 0.05) is 19.5 Å². The second-order valence-corrected chi connectivity index (χ2v) is 5.50. The molecule has 0 aliphatic carbocycles. The molecule has 2 unspecified atom stereocenters. The van der Waals surface area contributed by atoms with Gasteiger partial charge in [0.15, 0.2) is 0 Å². The van der Waals surface area contributed by atoms with Gasteiger partial charge in [0.25, 0.3) is 0 Å². The Bertz CT molecular complexity index is 650. The summed E-state index contributed by atoms with van der Waals surface area (Å²) in [4.78, 5) is 13.8. The first-order chi connectivity index (χ1) is 10.2. The van der Waals surface area contributed by atoms with E-state index >= 15 is 0 Å². The molecule has 1 saturated heterocycles. The molecule has 2 aromatic carbocycles. The minimum atomic E-state index is -0.468. The molecule has 2 aromatic rings. The zero-order valence-corrected chi connectivity index (χ0v) is 12.0. The first kappa shape index (κ1) is 14.0. The standard InChI is InChI=1S/C17H19NO3/c1-21-17(20)16-9-14(19)11-18(16)10-13-7-4-6-12-5-2-3-8-15(12)13/h2-8,14,16,19H,9-11H2,1H3. The van der Waals surface area contributed by atoms with Crippen LogP contribution in [0.2, 0.25) is 0 Å². The van der Waals surface area contributed by atoms with Crippen molar-refractivity contribution in [3.05, 3.63) is 48.0 Å². The molecule has 4 nitrogen and oxygen atoms in total. The lowest BCUT2D eigenvalue weighted by molar-refractivity contribution is -0.146. The normalized spacial score (nSPS) is 22.6. The van der Waals surface area contributed by atoms with Gasteiger partial charge >= 0.3 is 5.97 Å². The largest absolute Gasteiger partial charge is 0.468 e. The van der Waals surface area contributed by atoms with E-state index in [1.807, 2.05) is 23.1 Å². The highest BCUT2D eigenvalue weighted by molar-refractivity contribution is 5.85. The molecule has 0 amide bonds. The lowest BCUT2D eigenvalue weighted by Gasteiger charge is -2.22. The Kier molecular flexibility index (Phi) is 3.90. The molecule has 1 fully saturated rings. The Morgan fingerprint density at radius 2 is 2.05 bits per heavy atom. The van der Waals surface area contributed by atoms with Crippen LogP contribution in [0, 0.1) is 0 Å². The lowest BCUT2D eigenvalue weighted by atomic mass is 10.0. The van der Waals surface area contributed by atoms with Crippen molar-refractivity contribution in [1.29, 1.82) is 0 Å². The number of aliphatic hydroxyl groups excluding tert-OH is 1. The van der Waals surface area contributed by atoms with E-state index in [1.54, 1.807) is 0 Å². The van der Waals surface area contributed by atoms with Gasteiger partial charge in [-0.1, -0.05) is 42.5 Å². The van der Waals surface area contributed by atoms with Crippen molar-refractivity contribution < 1.29 is 14.6 Å². The topological polar surface area (TPSA) is 49.8 Å². The number of esters is 1. The third kappa shape index (κ3) is 2.77. The zero-order valence-electron chi connectivity index (χ0n) is 12.0. The number of β-amino-alcohol motifs (C(OH)–C–C–N with tert-alkyl or cyclic N) is 1. The maximum atomic E-state index is 11.8. The number of carbonyl (C=O) groups is 1. The maximum absolute atomic E-state index is 11.8. The highest BCUT2D eigenvalue weighted by Gasteiger charge is 2.36. The van der Waals surface area contributed by atoms with E-state index in [-0.39, 0.29) is 12.0 Å². The molecule has 110 valence electrons. The van der Waals surface area contributed by atoms with E-state index in [2.05, 4.69) is 24.3 Å². The molecule has 0 radical (unpaired) electrons. The number of benzene rings is 2. The predicted molar refractivity (Wildman–Crippen MR) is 80.8 cm³/mol. The van der Waals surface area contributed by atoms with Crippen LogP contribution < -0.4 is 0 Å². The summed E-state index contributed by atoms with van der Waals surface area (Å²) in [5.74, 6) is -0.271. The number of rotatable bonds is 3. The fraction of sp³-hybridized carbons (Fsp3) is 0.353. The highest BCUT2D eigenvalue weighted by atomic mass is 16.5. The number of nitrogens with zero attached hydrogens (tertiary/aromatic N) is 1. The summed E-state index contributed by atoms with van der Waals surface area (Å²) in [6.45, 7) is 1.14. The predicted octanol–water partition coefficient (Wildman–Crippen LogP) is 1.95. The van der Waals surface area contributed by atoms with Gasteiger partial charge in [0.1, 0.15) is 6.04 Å². The van der Waals surface area contributed by atoms with Gasteiger partial charge < -0.3 is 9.84 Å². The summed E-state index contributed by atoms with van der Waals surface area (Å²) in [6, 6.07) is 14.0. The van der Waals surface area contributed by atoms with Crippen molar-refractivity contribution in [3.63, 3.8) is 0 Å². The van der Waals surface area contributed by atoms with Crippen LogP contribution in [0.5, 0.6) is 0 Å². The van der Waals surface area contributed by atoms with Gasteiger partial charge in [-0.15, -0.1) is 0 Å². The van der Waals surface area contributed by atoms with Crippen LogP contribution in [-0.4, -0.2) is 41.8 Å². The smallest absolute Gasteiger partial charge is 0.323 e. The van der Waals surface area contributed by atoms with Gasteiger partial charge in [-0.2, -0.15) is 0 Å². The van der Waals surface area contributed by atoms with Crippen LogP contribution in [-0.2, 0) is 16.1 Å². The van der Waals surface area contributed by atoms with Crippen LogP contribution in [0.25, 0.3) is 10.8 Å². The number of methoxy groups -OCH3 is 1. The Labute approximate surface area is 123 Å². The first-order valence-electron chi connectivity index (χ1n) is 7.15. The first-order valence-corrected chi connectivity index (χ1v) is 7.15. The number of ether oxygens (including phenoxy) is 1. The molecule has 0 aromatic heterocycles. The van der Waals surface area contributed by atoms with Crippen LogP contribution in [0.1, 0.15) is 12.0 Å². The second-order valence-electron chi connectivity index (χ2n) is 5.50. The number of hydrogen-bond donors (Lipinski definition) is 1. The molecule has 2 atom stereocenters. The molecule has 4 heteroatoms. The number of fused-ring (bicyclic) bond motifs is 1. The van der Waals surface area contributed by atoms with E-state index in [9.17, 15) is 9.90 Å². The van der Waals surface area contributed by atoms with Crippen LogP contribution in [0.4, 0.5) is 0 Å². The summed E-state index contributed by atoms with van der Waals surface area (Å²) in [5, 5.41) is 12.2. The average molecular weight is 285 g/mol. The van der Waals surface area contributed by atoms with Gasteiger partial charge in [-0.3, -0.25) is 9.69 Å². The second kappa shape index (κ2) is 5.84. The molecule has 1 N–H and O–H groups in total. The van der Waals surface area contributed by atoms with Crippen molar-refractivity contribution in [2.75, 3.05) is 13.7 Å². The Balaban J connectivity index is 1.89. The summed E-state index contributed by atoms with van der Waals surface area (Å²) in [5.41, 5.74) is 1.16. The zero-order chi connectivity index (χ0) is 14.8. The summed E-state index contributed by atoms with van der Waals surface area (Å²) in [7, 11) is 1.39. The maximum Gasteiger partial charge on any atom is 0.323 e. The van der Waals surface area contributed by atoms with Gasteiger partial charge in [-0.25, -0.2) is 0 Å². The Hall–Kier alpha value is -1.91. The minimum Gasteiger partial charge on any atom is -0.468 e. The fourth-order valence-electron chi connectivity index (χ4n) is 3.08. The SMILES string of the molecule is COC(=O)C1CC(O)CN1Cc1cccc2ccccc12. The molecule has 1 aliphatic rings. The van der Waals surface area contributed by atoms with Crippen molar-refractivity contribution in [3.8, 4) is 0 Å². The number of likely N-dealkylation sites (tertiary alicyclic amines) is 1. The molecule has 0 bridgehead atoms. The number of aliphatic hydroxyl groups is 1. The fourth-order valence-corrected chi connectivity index (χ4v) is 3.08. The summed E-state index contributed by atoms with van der Waals surface area (Å²) < 4.78 is 4.85. The van der Waals surface area contributed by atoms with Crippen molar-refractivity contribution >= 4 is 16.7 Å². The van der Waals surface area contributed by atoms with Gasteiger partial charge in [-0.05, 0) is 16.3 Å². The highest BCUT2D eigenvalue weighted by Crippen LogP contribution is 2.25. The summed E-state index contributed by atoms with van der Waals surface area (Å²) >= 11 is 0. The molecular weight excluding hydrogens is 266 g/mol. The molecule has 21 heavy (non-hydrogen) atoms. The van der Waals surface area contributed by atoms with E-state index in [0.717, 1.165) is 5.56 Å². The van der Waals surface area contributed by atoms with Crippen LogP contribution in [0.3, 0.4) is 0 Å². The van der Waals surface area contributed by atoms with Gasteiger partial charge in [0.05, 0.1) is 13.2 Å². The van der Waals surface area contributed by atoms with Crippen LogP contribution >= 0.6 is 0 Å². The lowest BCUT2D eigenvalue weighted by Crippen LogP contribution is -2.36. The van der Waals surface area contributed by atoms with E-state index < -0.39 is 6.10 Å². The van der Waals surface area contributed by atoms with Crippen LogP contribution in [0.15, 0.2) is 42.5 Å². The molecular formula is C17H19NO3. The van der Waals surface area contributed by atoms with Crippen molar-refractivity contribution in [1.82, 2.24) is 4.90 Å².